The van der Waals surface area contributed by atoms with Gasteiger partial charge in [0.2, 0.25) is 5.91 Å². The van der Waals surface area contributed by atoms with Crippen molar-refractivity contribution in [3.63, 3.8) is 0 Å². The van der Waals surface area contributed by atoms with E-state index in [1.54, 1.807) is 19.2 Å². The average molecular weight is 314 g/mol. The van der Waals surface area contributed by atoms with E-state index in [0.717, 1.165) is 6.42 Å². The smallest absolute Gasteiger partial charge is 0.255 e. The molecule has 116 valence electrons. The van der Waals surface area contributed by atoms with Crippen LogP contribution in [0.15, 0.2) is 18.2 Å². The number of carbonyl (C=O) groups excluding carboxylic acids is 2. The van der Waals surface area contributed by atoms with Crippen LogP contribution >= 0.6 is 11.6 Å². The van der Waals surface area contributed by atoms with E-state index < -0.39 is 0 Å². The third kappa shape index (κ3) is 5.61. The third-order valence-corrected chi connectivity index (χ3v) is 3.13. The molecule has 0 saturated carbocycles. The summed E-state index contributed by atoms with van der Waals surface area (Å²) in [4.78, 5) is 25.2. The number of rotatable bonds is 7. The first-order valence-corrected chi connectivity index (χ1v) is 6.89. The topological polar surface area (TPSA) is 84.7 Å². The zero-order chi connectivity index (χ0) is 15.8. The lowest BCUT2D eigenvalue weighted by Gasteiger charge is -2.17. The second-order valence-electron chi connectivity index (χ2n) is 4.60. The van der Waals surface area contributed by atoms with Gasteiger partial charge in [-0.25, -0.2) is 0 Å². The lowest BCUT2D eigenvalue weighted by atomic mass is 10.2. The Labute approximate surface area is 129 Å². The fourth-order valence-electron chi connectivity index (χ4n) is 1.70. The molecule has 1 aromatic carbocycles. The van der Waals surface area contributed by atoms with Crippen LogP contribution in [0.1, 0.15) is 16.8 Å². The van der Waals surface area contributed by atoms with Crippen molar-refractivity contribution in [1.29, 1.82) is 0 Å². The normalized spacial score (nSPS) is 10.2. The number of nitrogen functional groups attached to an aromatic ring is 1. The highest BCUT2D eigenvalue weighted by molar-refractivity contribution is 6.34. The first-order chi connectivity index (χ1) is 9.95. The zero-order valence-electron chi connectivity index (χ0n) is 12.2. The molecule has 3 N–H and O–H groups in total. The monoisotopic (exact) mass is 313 g/mol. The molecule has 0 aliphatic carbocycles. The highest BCUT2D eigenvalue weighted by Gasteiger charge is 2.17. The van der Waals surface area contributed by atoms with Crippen molar-refractivity contribution in [3.8, 4) is 0 Å². The predicted molar refractivity (Wildman–Crippen MR) is 82.3 cm³/mol. The molecule has 7 heteroatoms. The fraction of sp³-hybridized carbons (Fsp3) is 0.429. The number of nitrogens with two attached hydrogens (primary N) is 1. The van der Waals surface area contributed by atoms with Crippen molar-refractivity contribution in [2.75, 3.05) is 39.6 Å². The summed E-state index contributed by atoms with van der Waals surface area (Å²) in [7, 11) is 3.14. The third-order valence-electron chi connectivity index (χ3n) is 2.80. The van der Waals surface area contributed by atoms with Gasteiger partial charge in [0.15, 0.2) is 0 Å². The minimum Gasteiger partial charge on any atom is -0.399 e. The Balaban J connectivity index is 2.54. The van der Waals surface area contributed by atoms with Gasteiger partial charge in [0.25, 0.3) is 5.91 Å². The van der Waals surface area contributed by atoms with Gasteiger partial charge in [-0.3, -0.25) is 9.59 Å². The molecule has 21 heavy (non-hydrogen) atoms. The first kappa shape index (κ1) is 17.3. The number of amides is 2. The number of ether oxygens (including phenoxy) is 1. The Morgan fingerprint density at radius 3 is 2.81 bits per heavy atom. The van der Waals surface area contributed by atoms with Crippen LogP contribution in [0, 0.1) is 0 Å². The maximum Gasteiger partial charge on any atom is 0.255 e. The molecule has 0 radical (unpaired) electrons. The summed E-state index contributed by atoms with van der Waals surface area (Å²) in [5.41, 5.74) is 6.37. The van der Waals surface area contributed by atoms with E-state index in [4.69, 9.17) is 22.1 Å². The van der Waals surface area contributed by atoms with Crippen LogP contribution in [0.3, 0.4) is 0 Å². The fourth-order valence-corrected chi connectivity index (χ4v) is 1.90. The molecule has 6 nitrogen and oxygen atoms in total. The van der Waals surface area contributed by atoms with E-state index in [-0.39, 0.29) is 23.9 Å². The first-order valence-electron chi connectivity index (χ1n) is 6.52. The lowest BCUT2D eigenvalue weighted by Crippen LogP contribution is -2.39. The average Bonchev–Trinajstić information content (AvgIpc) is 2.45. The van der Waals surface area contributed by atoms with E-state index in [2.05, 4.69) is 5.32 Å². The largest absolute Gasteiger partial charge is 0.399 e. The predicted octanol–water partition coefficient (Wildman–Crippen LogP) is 1.15. The maximum atomic E-state index is 12.2. The molecule has 0 unspecified atom stereocenters. The van der Waals surface area contributed by atoms with Gasteiger partial charge in [0.05, 0.1) is 17.1 Å². The molecule has 0 aromatic heterocycles. The standard InChI is InChI=1S/C14H20ClN3O3/c1-18(9-13(19)17-6-3-7-21-2)14(20)11-8-10(16)4-5-12(11)15/h4-5,8H,3,6-7,9,16H2,1-2H3,(H,17,19). The maximum absolute atomic E-state index is 12.2. The Bertz CT molecular complexity index is 508. The molecule has 2 amide bonds. The van der Waals surface area contributed by atoms with Gasteiger partial charge in [0, 0.05) is 33.0 Å². The van der Waals surface area contributed by atoms with E-state index in [0.29, 0.717) is 23.9 Å². The Morgan fingerprint density at radius 1 is 1.43 bits per heavy atom. The van der Waals surface area contributed by atoms with Gasteiger partial charge in [-0.1, -0.05) is 11.6 Å². The van der Waals surface area contributed by atoms with Crippen molar-refractivity contribution in [3.05, 3.63) is 28.8 Å². The van der Waals surface area contributed by atoms with Gasteiger partial charge in [0.1, 0.15) is 0 Å². The van der Waals surface area contributed by atoms with E-state index in [1.165, 1.54) is 18.0 Å². The van der Waals surface area contributed by atoms with Crippen LogP contribution in [-0.4, -0.2) is 50.6 Å². The number of nitrogens with zero attached hydrogens (tertiary/aromatic N) is 1. The van der Waals surface area contributed by atoms with Crippen molar-refractivity contribution in [1.82, 2.24) is 10.2 Å². The summed E-state index contributed by atoms with van der Waals surface area (Å²) < 4.78 is 4.88. The highest BCUT2D eigenvalue weighted by atomic mass is 35.5. The molecule has 1 aromatic rings. The lowest BCUT2D eigenvalue weighted by molar-refractivity contribution is -0.121. The molecule has 1 rings (SSSR count). The Morgan fingerprint density at radius 2 is 2.14 bits per heavy atom. The molecule has 0 aliphatic rings. The van der Waals surface area contributed by atoms with Crippen LogP contribution in [0.25, 0.3) is 0 Å². The number of likely N-dealkylation sites (N-methyl/N-ethyl adjacent to an activating group) is 1. The van der Waals surface area contributed by atoms with Gasteiger partial charge >= 0.3 is 0 Å². The quantitative estimate of drug-likeness (QED) is 0.584. The second-order valence-corrected chi connectivity index (χ2v) is 5.00. The SMILES string of the molecule is COCCCNC(=O)CN(C)C(=O)c1cc(N)ccc1Cl. The van der Waals surface area contributed by atoms with Crippen LogP contribution in [0.4, 0.5) is 5.69 Å². The van der Waals surface area contributed by atoms with Gasteiger partial charge in [-0.15, -0.1) is 0 Å². The van der Waals surface area contributed by atoms with E-state index in [9.17, 15) is 9.59 Å². The number of anilines is 1. The van der Waals surface area contributed by atoms with Crippen LogP contribution < -0.4 is 11.1 Å². The minimum absolute atomic E-state index is 0.0447. The highest BCUT2D eigenvalue weighted by Crippen LogP contribution is 2.20. The van der Waals surface area contributed by atoms with Crippen LogP contribution in [-0.2, 0) is 9.53 Å². The van der Waals surface area contributed by atoms with Crippen LogP contribution in [0.2, 0.25) is 5.02 Å². The molecule has 0 heterocycles. The van der Waals surface area contributed by atoms with E-state index >= 15 is 0 Å². The van der Waals surface area contributed by atoms with Crippen LogP contribution in [0.5, 0.6) is 0 Å². The molecular formula is C14H20ClN3O3. The molecule has 0 atom stereocenters. The zero-order valence-corrected chi connectivity index (χ0v) is 12.9. The van der Waals surface area contributed by atoms with Gasteiger partial charge < -0.3 is 20.7 Å². The number of halogens is 1. The summed E-state index contributed by atoms with van der Waals surface area (Å²) in [6, 6.07) is 4.67. The van der Waals surface area contributed by atoms with Crippen molar-refractivity contribution in [2.24, 2.45) is 0 Å². The number of hydrogen-bond acceptors (Lipinski definition) is 4. The molecule has 0 saturated heterocycles. The molecule has 0 spiro atoms. The van der Waals surface area contributed by atoms with Gasteiger partial charge in [-0.05, 0) is 24.6 Å². The number of methoxy groups -OCH3 is 1. The summed E-state index contributed by atoms with van der Waals surface area (Å²) >= 11 is 5.97. The Hall–Kier alpha value is -1.79. The number of carbonyl (C=O) groups is 2. The molecule has 0 aliphatic heterocycles. The Kier molecular flexibility index (Phi) is 6.98. The number of benzene rings is 1. The summed E-state index contributed by atoms with van der Waals surface area (Å²) in [6.07, 6.45) is 0.723. The summed E-state index contributed by atoms with van der Waals surface area (Å²) in [5.74, 6) is -0.582. The molecular weight excluding hydrogens is 294 g/mol. The number of nitrogens with one attached hydrogen (secondary N) is 1. The van der Waals surface area contributed by atoms with Crippen molar-refractivity contribution >= 4 is 29.1 Å². The van der Waals surface area contributed by atoms with Crippen molar-refractivity contribution in [2.45, 2.75) is 6.42 Å². The number of hydrogen-bond donors (Lipinski definition) is 2. The van der Waals surface area contributed by atoms with Gasteiger partial charge in [-0.2, -0.15) is 0 Å². The minimum atomic E-state index is -0.348. The molecule has 0 fully saturated rings. The second kappa shape index (κ2) is 8.49. The molecule has 0 bridgehead atoms. The van der Waals surface area contributed by atoms with E-state index in [1.807, 2.05) is 0 Å². The summed E-state index contributed by atoms with van der Waals surface area (Å²) in [6.45, 7) is 1.04. The van der Waals surface area contributed by atoms with Crippen molar-refractivity contribution < 1.29 is 14.3 Å². The summed E-state index contributed by atoms with van der Waals surface area (Å²) in [5, 5.41) is 3.02.